The Balaban J connectivity index is 1.48. The molecule has 2 saturated heterocycles. The molecule has 0 bridgehead atoms. The van der Waals surface area contributed by atoms with Gasteiger partial charge < -0.3 is 19.4 Å². The first kappa shape index (κ1) is 22.3. The summed E-state index contributed by atoms with van der Waals surface area (Å²) in [4.78, 5) is 7.19. The number of fused-ring (bicyclic) bond motifs is 1. The summed E-state index contributed by atoms with van der Waals surface area (Å²) < 4.78 is 34.3. The van der Waals surface area contributed by atoms with E-state index in [0.717, 1.165) is 74.4 Å². The third-order valence-electron chi connectivity index (χ3n) is 6.94. The van der Waals surface area contributed by atoms with Gasteiger partial charge in [0.25, 0.3) is 10.0 Å². The van der Waals surface area contributed by atoms with Crippen LogP contribution in [0.3, 0.4) is 0 Å². The van der Waals surface area contributed by atoms with Gasteiger partial charge in [0.1, 0.15) is 0 Å². The molecular weight excluding hydrogens is 436 g/mol. The van der Waals surface area contributed by atoms with Crippen molar-refractivity contribution in [3.63, 3.8) is 0 Å². The van der Waals surface area contributed by atoms with Crippen LogP contribution >= 0.6 is 0 Å². The molecule has 3 aromatic rings. The van der Waals surface area contributed by atoms with Crippen molar-refractivity contribution < 1.29 is 13.2 Å². The van der Waals surface area contributed by atoms with E-state index in [1.54, 1.807) is 25.4 Å². The summed E-state index contributed by atoms with van der Waals surface area (Å²) in [5, 5.41) is 0.924. The zero-order chi connectivity index (χ0) is 23.0. The van der Waals surface area contributed by atoms with E-state index in [2.05, 4.69) is 27.8 Å². The standard InChI is InChI=1S/C25H32N4O3S/c1-26-11-4-12-27(16-15-26)22-8-7-20-9-14-29(25(20)18-22)33(30,31)24-6-3-5-21(17-24)28-13-10-23(19-28)32-2/h3,5-9,14,17-18,23H,4,10-13,15-16,19H2,1-2H3. The third-order valence-corrected chi connectivity index (χ3v) is 8.63. The van der Waals surface area contributed by atoms with Crippen molar-refractivity contribution in [3.05, 3.63) is 54.7 Å². The van der Waals surface area contributed by atoms with Gasteiger partial charge in [0.15, 0.2) is 0 Å². The van der Waals surface area contributed by atoms with Gasteiger partial charge in [-0.1, -0.05) is 12.1 Å². The van der Waals surface area contributed by atoms with Crippen molar-refractivity contribution in [2.24, 2.45) is 0 Å². The Kier molecular flexibility index (Phi) is 6.07. The van der Waals surface area contributed by atoms with Crippen LogP contribution in [-0.2, 0) is 14.8 Å². The maximum atomic E-state index is 13.7. The number of likely N-dealkylation sites (N-methyl/N-ethyl adjacent to an activating group) is 1. The summed E-state index contributed by atoms with van der Waals surface area (Å²) in [7, 11) is 0.151. The number of hydrogen-bond acceptors (Lipinski definition) is 6. The fourth-order valence-electron chi connectivity index (χ4n) is 4.91. The molecule has 0 N–H and O–H groups in total. The monoisotopic (exact) mass is 468 g/mol. The normalized spacial score (nSPS) is 20.5. The van der Waals surface area contributed by atoms with E-state index in [0.29, 0.717) is 4.90 Å². The molecule has 1 unspecified atom stereocenters. The summed E-state index contributed by atoms with van der Waals surface area (Å²) in [6.07, 6.45) is 3.91. The maximum Gasteiger partial charge on any atom is 0.268 e. The number of methoxy groups -OCH3 is 1. The van der Waals surface area contributed by atoms with Gasteiger partial charge in [0, 0.05) is 62.8 Å². The minimum Gasteiger partial charge on any atom is -0.380 e. The lowest BCUT2D eigenvalue weighted by Crippen LogP contribution is -2.28. The summed E-state index contributed by atoms with van der Waals surface area (Å²) in [6, 6.07) is 15.3. The largest absolute Gasteiger partial charge is 0.380 e. The van der Waals surface area contributed by atoms with Crippen molar-refractivity contribution in [3.8, 4) is 0 Å². The number of nitrogens with zero attached hydrogens (tertiary/aromatic N) is 4. The lowest BCUT2D eigenvalue weighted by molar-refractivity contribution is 0.121. The van der Waals surface area contributed by atoms with Crippen LogP contribution in [0.25, 0.3) is 10.9 Å². The van der Waals surface area contributed by atoms with E-state index in [9.17, 15) is 8.42 Å². The van der Waals surface area contributed by atoms with Gasteiger partial charge in [-0.25, -0.2) is 12.4 Å². The van der Waals surface area contributed by atoms with Crippen molar-refractivity contribution in [2.75, 3.05) is 63.2 Å². The van der Waals surface area contributed by atoms with Gasteiger partial charge in [0.05, 0.1) is 16.5 Å². The van der Waals surface area contributed by atoms with Crippen LogP contribution in [0.5, 0.6) is 0 Å². The van der Waals surface area contributed by atoms with E-state index in [1.807, 2.05) is 30.3 Å². The highest BCUT2D eigenvalue weighted by Crippen LogP contribution is 2.29. The molecule has 2 fully saturated rings. The maximum absolute atomic E-state index is 13.7. The van der Waals surface area contributed by atoms with Crippen molar-refractivity contribution in [1.29, 1.82) is 0 Å². The Morgan fingerprint density at radius 1 is 0.909 bits per heavy atom. The SMILES string of the molecule is COC1CCN(c2cccc(S(=O)(=O)n3ccc4ccc(N5CCCN(C)CC5)cc43)c2)C1. The molecule has 7 nitrogen and oxygen atoms in total. The quantitative estimate of drug-likeness (QED) is 0.573. The molecule has 0 spiro atoms. The molecule has 176 valence electrons. The van der Waals surface area contributed by atoms with Crippen molar-refractivity contribution >= 4 is 32.3 Å². The molecule has 2 aliphatic rings. The molecule has 0 radical (unpaired) electrons. The molecule has 2 aliphatic heterocycles. The van der Waals surface area contributed by atoms with Crippen LogP contribution in [0.15, 0.2) is 59.6 Å². The molecule has 0 aliphatic carbocycles. The first-order chi connectivity index (χ1) is 16.0. The minimum absolute atomic E-state index is 0.191. The van der Waals surface area contributed by atoms with Gasteiger partial charge >= 0.3 is 0 Å². The molecule has 0 amide bonds. The van der Waals surface area contributed by atoms with Crippen molar-refractivity contribution in [1.82, 2.24) is 8.87 Å². The molecule has 2 aromatic carbocycles. The number of rotatable bonds is 5. The van der Waals surface area contributed by atoms with E-state index in [4.69, 9.17) is 4.74 Å². The van der Waals surface area contributed by atoms with Gasteiger partial charge in [-0.2, -0.15) is 0 Å². The van der Waals surface area contributed by atoms with Crippen LogP contribution in [0.4, 0.5) is 11.4 Å². The summed E-state index contributed by atoms with van der Waals surface area (Å²) in [5.41, 5.74) is 2.71. The molecule has 33 heavy (non-hydrogen) atoms. The predicted octanol–water partition coefficient (Wildman–Crippen LogP) is 3.25. The smallest absolute Gasteiger partial charge is 0.268 e. The van der Waals surface area contributed by atoms with E-state index in [1.165, 1.54) is 3.97 Å². The van der Waals surface area contributed by atoms with Gasteiger partial charge in [-0.05, 0) is 62.8 Å². The Labute approximate surface area is 196 Å². The van der Waals surface area contributed by atoms with Crippen LogP contribution < -0.4 is 9.80 Å². The zero-order valence-electron chi connectivity index (χ0n) is 19.4. The van der Waals surface area contributed by atoms with Crippen LogP contribution in [-0.4, -0.2) is 76.8 Å². The lowest BCUT2D eigenvalue weighted by atomic mass is 10.2. The van der Waals surface area contributed by atoms with Crippen LogP contribution in [0.1, 0.15) is 12.8 Å². The second-order valence-electron chi connectivity index (χ2n) is 9.09. The first-order valence-electron chi connectivity index (χ1n) is 11.6. The number of benzene rings is 2. The molecule has 1 atom stereocenters. The summed E-state index contributed by atoms with van der Waals surface area (Å²) >= 11 is 0. The third kappa shape index (κ3) is 4.35. The lowest BCUT2D eigenvalue weighted by Gasteiger charge is -2.23. The highest BCUT2D eigenvalue weighted by Gasteiger charge is 2.25. The Hall–Kier alpha value is -2.55. The Bertz CT molecular complexity index is 1240. The van der Waals surface area contributed by atoms with Gasteiger partial charge in [0.2, 0.25) is 0 Å². The van der Waals surface area contributed by atoms with Crippen LogP contribution in [0.2, 0.25) is 0 Å². The number of ether oxygens (including phenoxy) is 1. The molecule has 0 saturated carbocycles. The van der Waals surface area contributed by atoms with Crippen LogP contribution in [0, 0.1) is 0 Å². The summed E-state index contributed by atoms with van der Waals surface area (Å²) in [5.74, 6) is 0. The number of anilines is 2. The van der Waals surface area contributed by atoms with Gasteiger partial charge in [-0.15, -0.1) is 0 Å². The topological polar surface area (TPSA) is 58.0 Å². The highest BCUT2D eigenvalue weighted by molar-refractivity contribution is 7.90. The van der Waals surface area contributed by atoms with Crippen molar-refractivity contribution in [2.45, 2.75) is 23.8 Å². The molecule has 8 heteroatoms. The van der Waals surface area contributed by atoms with E-state index < -0.39 is 10.0 Å². The molecule has 5 rings (SSSR count). The fourth-order valence-corrected chi connectivity index (χ4v) is 6.30. The van der Waals surface area contributed by atoms with Gasteiger partial charge in [-0.3, -0.25) is 0 Å². The number of aromatic nitrogens is 1. The predicted molar refractivity (Wildman–Crippen MR) is 133 cm³/mol. The average Bonchev–Trinajstić information content (AvgIpc) is 3.43. The first-order valence-corrected chi connectivity index (χ1v) is 13.1. The second kappa shape index (κ2) is 9.00. The fraction of sp³-hybridized carbons (Fsp3) is 0.440. The Morgan fingerprint density at radius 3 is 2.58 bits per heavy atom. The Morgan fingerprint density at radius 2 is 1.76 bits per heavy atom. The zero-order valence-corrected chi connectivity index (χ0v) is 20.2. The number of hydrogen-bond donors (Lipinski definition) is 0. The average molecular weight is 469 g/mol. The van der Waals surface area contributed by atoms with E-state index >= 15 is 0 Å². The molecular formula is C25H32N4O3S. The highest BCUT2D eigenvalue weighted by atomic mass is 32.2. The molecule has 1 aromatic heterocycles. The van der Waals surface area contributed by atoms with E-state index in [-0.39, 0.29) is 6.10 Å². The second-order valence-corrected chi connectivity index (χ2v) is 10.9. The summed E-state index contributed by atoms with van der Waals surface area (Å²) in [6.45, 7) is 5.65. The molecule has 3 heterocycles. The minimum atomic E-state index is -3.72.